The second-order valence-electron chi connectivity index (χ2n) is 5.55. The first-order chi connectivity index (χ1) is 8.47. The van der Waals surface area contributed by atoms with Crippen molar-refractivity contribution in [2.24, 2.45) is 0 Å². The molecule has 0 atom stereocenters. The fraction of sp³-hybridized carbons (Fsp3) is 0.500. The fourth-order valence-electron chi connectivity index (χ4n) is 1.59. The van der Waals surface area contributed by atoms with E-state index in [1.54, 1.807) is 6.20 Å². The lowest BCUT2D eigenvalue weighted by atomic mass is 10.3. The Labute approximate surface area is 116 Å². The number of hydrogen-bond acceptors (Lipinski definition) is 3. The fourth-order valence-corrected chi connectivity index (χ4v) is 2.77. The van der Waals surface area contributed by atoms with Crippen LogP contribution in [-0.4, -0.2) is 29.4 Å². The molecule has 98 valence electrons. The summed E-state index contributed by atoms with van der Waals surface area (Å²) in [5.41, 5.74) is 0.998. The van der Waals surface area contributed by atoms with Crippen molar-refractivity contribution in [2.45, 2.75) is 32.4 Å². The summed E-state index contributed by atoms with van der Waals surface area (Å²) in [7, 11) is -1.02. The number of halogens is 1. The molecule has 2 aromatic heterocycles. The molecule has 0 fully saturated rings. The molecule has 0 bridgehead atoms. The molecule has 0 aliphatic rings. The van der Waals surface area contributed by atoms with Crippen LogP contribution in [0.4, 0.5) is 0 Å². The molecule has 4 nitrogen and oxygen atoms in total. The normalized spacial score (nSPS) is 12.2. The number of aromatic nitrogens is 3. The quantitative estimate of drug-likeness (QED) is 0.623. The van der Waals surface area contributed by atoms with Crippen molar-refractivity contribution in [3.8, 4) is 0 Å². The number of ether oxygens (including phenoxy) is 1. The Hall–Kier alpha value is -0.723. The molecular weight excluding hydrogens is 310 g/mol. The Morgan fingerprint density at radius 3 is 2.78 bits per heavy atom. The highest BCUT2D eigenvalue weighted by Gasteiger charge is 2.12. The van der Waals surface area contributed by atoms with Crippen LogP contribution in [0.3, 0.4) is 0 Å². The zero-order valence-electron chi connectivity index (χ0n) is 11.0. The first kappa shape index (κ1) is 13.7. The molecule has 0 saturated carbocycles. The predicted octanol–water partition coefficient (Wildman–Crippen LogP) is 3.51. The van der Waals surface area contributed by atoms with E-state index in [1.807, 2.05) is 17.1 Å². The highest BCUT2D eigenvalue weighted by molar-refractivity contribution is 9.10. The molecule has 0 aromatic carbocycles. The van der Waals surface area contributed by atoms with Crippen molar-refractivity contribution >= 4 is 34.9 Å². The van der Waals surface area contributed by atoms with E-state index in [9.17, 15) is 0 Å². The summed E-state index contributed by atoms with van der Waals surface area (Å²) in [6.45, 7) is 8.34. The molecule has 0 aliphatic carbocycles. The number of hydrogen-bond donors (Lipinski definition) is 0. The SMILES string of the molecule is C[Si](C)(C)CCOCn1ncc2c(Br)cncc21. The van der Waals surface area contributed by atoms with Crippen LogP contribution in [0.15, 0.2) is 23.1 Å². The van der Waals surface area contributed by atoms with Gasteiger partial charge in [-0.2, -0.15) is 5.10 Å². The smallest absolute Gasteiger partial charge is 0.140 e. The minimum absolute atomic E-state index is 0.492. The molecule has 0 aliphatic heterocycles. The van der Waals surface area contributed by atoms with E-state index in [0.717, 1.165) is 22.0 Å². The number of fused-ring (bicyclic) bond motifs is 1. The Kier molecular flexibility index (Phi) is 4.19. The largest absolute Gasteiger partial charge is 0.360 e. The Morgan fingerprint density at radius 2 is 2.06 bits per heavy atom. The van der Waals surface area contributed by atoms with E-state index in [4.69, 9.17) is 4.74 Å². The lowest BCUT2D eigenvalue weighted by Crippen LogP contribution is -2.22. The second kappa shape index (κ2) is 5.50. The Morgan fingerprint density at radius 1 is 1.28 bits per heavy atom. The summed E-state index contributed by atoms with van der Waals surface area (Å²) < 4.78 is 8.50. The highest BCUT2D eigenvalue weighted by Crippen LogP contribution is 2.21. The van der Waals surface area contributed by atoms with Gasteiger partial charge >= 0.3 is 0 Å². The van der Waals surface area contributed by atoms with E-state index < -0.39 is 8.07 Å². The van der Waals surface area contributed by atoms with Gasteiger partial charge in [0.2, 0.25) is 0 Å². The molecule has 0 amide bonds. The first-order valence-corrected chi connectivity index (χ1v) is 10.5. The molecule has 2 aromatic rings. The molecule has 2 rings (SSSR count). The molecule has 0 N–H and O–H groups in total. The maximum absolute atomic E-state index is 5.69. The minimum atomic E-state index is -1.02. The predicted molar refractivity (Wildman–Crippen MR) is 79.3 cm³/mol. The van der Waals surface area contributed by atoms with Crippen molar-refractivity contribution in [3.63, 3.8) is 0 Å². The number of nitrogens with zero attached hydrogens (tertiary/aromatic N) is 3. The van der Waals surface area contributed by atoms with Crippen LogP contribution >= 0.6 is 15.9 Å². The molecule has 0 spiro atoms. The summed E-state index contributed by atoms with van der Waals surface area (Å²) in [5, 5.41) is 5.39. The zero-order chi connectivity index (χ0) is 13.2. The van der Waals surface area contributed by atoms with Gasteiger partial charge in [0, 0.05) is 30.7 Å². The maximum Gasteiger partial charge on any atom is 0.140 e. The van der Waals surface area contributed by atoms with Crippen LogP contribution in [0, 0.1) is 0 Å². The molecular formula is C12H18BrN3OSi. The van der Waals surface area contributed by atoms with Gasteiger partial charge in [-0.25, -0.2) is 4.68 Å². The van der Waals surface area contributed by atoms with E-state index in [1.165, 1.54) is 6.04 Å². The lowest BCUT2D eigenvalue weighted by molar-refractivity contribution is 0.0816. The van der Waals surface area contributed by atoms with Crippen molar-refractivity contribution in [2.75, 3.05) is 6.61 Å². The molecule has 0 radical (unpaired) electrons. The molecule has 0 saturated heterocycles. The third kappa shape index (κ3) is 3.40. The van der Waals surface area contributed by atoms with E-state index in [2.05, 4.69) is 45.7 Å². The van der Waals surface area contributed by atoms with Crippen molar-refractivity contribution in [3.05, 3.63) is 23.1 Å². The maximum atomic E-state index is 5.69. The average Bonchev–Trinajstić information content (AvgIpc) is 2.68. The van der Waals surface area contributed by atoms with Crippen LogP contribution in [0.25, 0.3) is 10.9 Å². The van der Waals surface area contributed by atoms with Crippen LogP contribution in [0.5, 0.6) is 0 Å². The third-order valence-corrected chi connectivity index (χ3v) is 5.07. The summed E-state index contributed by atoms with van der Waals surface area (Å²) in [6, 6.07) is 1.17. The van der Waals surface area contributed by atoms with E-state index in [-0.39, 0.29) is 0 Å². The lowest BCUT2D eigenvalue weighted by Gasteiger charge is -2.15. The van der Waals surface area contributed by atoms with Crippen molar-refractivity contribution in [1.82, 2.24) is 14.8 Å². The van der Waals surface area contributed by atoms with Gasteiger partial charge in [0.15, 0.2) is 0 Å². The Bertz CT molecular complexity index is 536. The average molecular weight is 328 g/mol. The van der Waals surface area contributed by atoms with Gasteiger partial charge in [-0.1, -0.05) is 19.6 Å². The van der Waals surface area contributed by atoms with Gasteiger partial charge in [0.05, 0.1) is 17.9 Å². The monoisotopic (exact) mass is 327 g/mol. The zero-order valence-corrected chi connectivity index (χ0v) is 13.6. The van der Waals surface area contributed by atoms with E-state index in [0.29, 0.717) is 6.73 Å². The first-order valence-electron chi connectivity index (χ1n) is 6.00. The number of pyridine rings is 1. The van der Waals surface area contributed by atoms with Crippen LogP contribution in [0.2, 0.25) is 25.7 Å². The summed E-state index contributed by atoms with van der Waals surface area (Å²) in [6.07, 6.45) is 5.43. The van der Waals surface area contributed by atoms with Gasteiger partial charge < -0.3 is 4.74 Å². The standard InChI is InChI=1S/C12H18BrN3OSi/c1-18(2,3)5-4-17-9-16-12-8-14-7-11(13)10(12)6-15-16/h6-8H,4-5,9H2,1-3H3. The van der Waals surface area contributed by atoms with Gasteiger partial charge in [-0.15, -0.1) is 0 Å². The number of rotatable bonds is 5. The topological polar surface area (TPSA) is 39.9 Å². The van der Waals surface area contributed by atoms with Crippen molar-refractivity contribution in [1.29, 1.82) is 0 Å². The summed E-state index contributed by atoms with van der Waals surface area (Å²) in [4.78, 5) is 4.16. The van der Waals surface area contributed by atoms with E-state index >= 15 is 0 Å². The minimum Gasteiger partial charge on any atom is -0.360 e. The third-order valence-electron chi connectivity index (χ3n) is 2.73. The molecule has 18 heavy (non-hydrogen) atoms. The van der Waals surface area contributed by atoms with Gasteiger partial charge in [-0.05, 0) is 22.0 Å². The second-order valence-corrected chi connectivity index (χ2v) is 12.0. The van der Waals surface area contributed by atoms with Crippen LogP contribution < -0.4 is 0 Å². The van der Waals surface area contributed by atoms with Gasteiger partial charge in [-0.3, -0.25) is 4.98 Å². The van der Waals surface area contributed by atoms with Crippen molar-refractivity contribution < 1.29 is 4.74 Å². The summed E-state index contributed by atoms with van der Waals surface area (Å²) in [5.74, 6) is 0. The highest BCUT2D eigenvalue weighted by atomic mass is 79.9. The Balaban J connectivity index is 1.98. The molecule has 2 heterocycles. The van der Waals surface area contributed by atoms with Gasteiger partial charge in [0.1, 0.15) is 6.73 Å². The summed E-state index contributed by atoms with van der Waals surface area (Å²) >= 11 is 3.47. The molecule has 0 unspecified atom stereocenters. The van der Waals surface area contributed by atoms with Crippen LogP contribution in [0.1, 0.15) is 0 Å². The van der Waals surface area contributed by atoms with Crippen LogP contribution in [-0.2, 0) is 11.5 Å². The molecule has 6 heteroatoms. The van der Waals surface area contributed by atoms with Gasteiger partial charge in [0.25, 0.3) is 0 Å².